The van der Waals surface area contributed by atoms with Crippen LogP contribution in [0.15, 0.2) is 28.7 Å². The van der Waals surface area contributed by atoms with Crippen LogP contribution < -0.4 is 0 Å². The first-order valence-corrected chi connectivity index (χ1v) is 5.71. The van der Waals surface area contributed by atoms with E-state index in [1.807, 2.05) is 32.0 Å². The van der Waals surface area contributed by atoms with Gasteiger partial charge in [0.1, 0.15) is 16.9 Å². The lowest BCUT2D eigenvalue weighted by Gasteiger charge is -2.24. The predicted molar refractivity (Wildman–Crippen MR) is 65.6 cm³/mol. The van der Waals surface area contributed by atoms with E-state index in [9.17, 15) is 5.11 Å². The van der Waals surface area contributed by atoms with Crippen LogP contribution in [0.5, 0.6) is 0 Å². The number of benzene rings is 1. The Kier molecular flexibility index (Phi) is 2.72. The van der Waals surface area contributed by atoms with Gasteiger partial charge in [0.05, 0.1) is 0 Å². The van der Waals surface area contributed by atoms with Crippen molar-refractivity contribution >= 4 is 22.6 Å². The van der Waals surface area contributed by atoms with E-state index >= 15 is 0 Å². The highest BCUT2D eigenvalue weighted by atomic mass is 35.5. The quantitative estimate of drug-likeness (QED) is 0.860. The normalized spacial score (nSPS) is 15.6. The molecule has 0 spiro atoms. The topological polar surface area (TPSA) is 33.4 Å². The van der Waals surface area contributed by atoms with E-state index in [0.717, 1.165) is 11.0 Å². The van der Waals surface area contributed by atoms with Crippen molar-refractivity contribution in [2.45, 2.75) is 26.4 Å². The third-order valence-corrected chi connectivity index (χ3v) is 3.34. The first kappa shape index (κ1) is 11.5. The van der Waals surface area contributed by atoms with E-state index in [4.69, 9.17) is 16.0 Å². The molecule has 0 radical (unpaired) electrons. The van der Waals surface area contributed by atoms with Crippen molar-refractivity contribution in [3.05, 3.63) is 35.0 Å². The molecule has 1 N–H and O–H groups in total. The molecule has 1 atom stereocenters. The Hall–Kier alpha value is -0.990. The molecule has 1 unspecified atom stereocenters. The van der Waals surface area contributed by atoms with E-state index in [0.29, 0.717) is 10.8 Å². The Balaban J connectivity index is 2.55. The Labute approximate surface area is 99.8 Å². The van der Waals surface area contributed by atoms with E-state index < -0.39 is 5.60 Å². The minimum atomic E-state index is -0.953. The fourth-order valence-corrected chi connectivity index (χ4v) is 1.73. The predicted octanol–water partition coefficient (Wildman–Crippen LogP) is 3.95. The van der Waals surface area contributed by atoms with Gasteiger partial charge < -0.3 is 9.52 Å². The monoisotopic (exact) mass is 238 g/mol. The lowest BCUT2D eigenvalue weighted by Crippen LogP contribution is -2.27. The smallest absolute Gasteiger partial charge is 0.136 e. The minimum absolute atomic E-state index is 0.0866. The van der Waals surface area contributed by atoms with Crippen LogP contribution in [0.1, 0.15) is 26.5 Å². The highest BCUT2D eigenvalue weighted by molar-refractivity contribution is 6.31. The maximum atomic E-state index is 10.3. The molecular formula is C13H15ClO2. The van der Waals surface area contributed by atoms with Crippen molar-refractivity contribution in [1.82, 2.24) is 0 Å². The summed E-state index contributed by atoms with van der Waals surface area (Å²) in [5, 5.41) is 11.9. The molecule has 0 amide bonds. The summed E-state index contributed by atoms with van der Waals surface area (Å²) < 4.78 is 5.64. The largest absolute Gasteiger partial charge is 0.458 e. The number of aliphatic hydroxyl groups is 1. The molecule has 16 heavy (non-hydrogen) atoms. The SMILES string of the molecule is CC(C)C(C)(O)c1cc2cc(Cl)ccc2o1. The van der Waals surface area contributed by atoms with Gasteiger partial charge in [-0.05, 0) is 37.1 Å². The standard InChI is InChI=1S/C13H15ClO2/c1-8(2)13(3,15)12-7-9-6-10(14)4-5-11(9)16-12/h4-8,15H,1-3H3. The average Bonchev–Trinajstić information content (AvgIpc) is 2.60. The second-order valence-electron chi connectivity index (χ2n) is 4.60. The van der Waals surface area contributed by atoms with Crippen molar-refractivity contribution in [3.63, 3.8) is 0 Å². The number of furan rings is 1. The van der Waals surface area contributed by atoms with Gasteiger partial charge in [0, 0.05) is 10.4 Å². The first-order valence-electron chi connectivity index (χ1n) is 5.33. The van der Waals surface area contributed by atoms with Crippen LogP contribution in [0.2, 0.25) is 5.02 Å². The summed E-state index contributed by atoms with van der Waals surface area (Å²) in [7, 11) is 0. The van der Waals surface area contributed by atoms with Gasteiger partial charge in [-0.25, -0.2) is 0 Å². The molecule has 2 nitrogen and oxygen atoms in total. The van der Waals surface area contributed by atoms with Gasteiger partial charge in [-0.1, -0.05) is 25.4 Å². The van der Waals surface area contributed by atoms with Crippen LogP contribution in [0.25, 0.3) is 11.0 Å². The Morgan fingerprint density at radius 3 is 2.62 bits per heavy atom. The highest BCUT2D eigenvalue weighted by Gasteiger charge is 2.31. The lowest BCUT2D eigenvalue weighted by molar-refractivity contribution is -0.00980. The van der Waals surface area contributed by atoms with Crippen LogP contribution >= 0.6 is 11.6 Å². The summed E-state index contributed by atoms with van der Waals surface area (Å²) in [4.78, 5) is 0. The summed E-state index contributed by atoms with van der Waals surface area (Å²) >= 11 is 5.90. The summed E-state index contributed by atoms with van der Waals surface area (Å²) in [5.74, 6) is 0.670. The molecule has 86 valence electrons. The second-order valence-corrected chi connectivity index (χ2v) is 5.03. The number of hydrogen-bond acceptors (Lipinski definition) is 2. The van der Waals surface area contributed by atoms with Gasteiger partial charge in [-0.3, -0.25) is 0 Å². The molecular weight excluding hydrogens is 224 g/mol. The van der Waals surface area contributed by atoms with Crippen LogP contribution in [0.4, 0.5) is 0 Å². The molecule has 0 saturated carbocycles. The zero-order valence-corrected chi connectivity index (χ0v) is 10.4. The van der Waals surface area contributed by atoms with Crippen LogP contribution in [-0.2, 0) is 5.60 Å². The average molecular weight is 239 g/mol. The van der Waals surface area contributed by atoms with Gasteiger partial charge in [-0.2, -0.15) is 0 Å². The second kappa shape index (κ2) is 3.79. The molecule has 0 saturated heterocycles. The van der Waals surface area contributed by atoms with Gasteiger partial charge in [0.2, 0.25) is 0 Å². The van der Waals surface area contributed by atoms with Gasteiger partial charge >= 0.3 is 0 Å². The van der Waals surface area contributed by atoms with E-state index in [1.54, 1.807) is 13.0 Å². The molecule has 1 aromatic carbocycles. The van der Waals surface area contributed by atoms with Crippen LogP contribution in [0.3, 0.4) is 0 Å². The minimum Gasteiger partial charge on any atom is -0.458 e. The van der Waals surface area contributed by atoms with E-state index in [-0.39, 0.29) is 5.92 Å². The number of halogens is 1. The molecule has 2 rings (SSSR count). The van der Waals surface area contributed by atoms with Gasteiger partial charge in [0.15, 0.2) is 0 Å². The van der Waals surface area contributed by atoms with Crippen molar-refractivity contribution in [2.24, 2.45) is 5.92 Å². The molecule has 0 aliphatic carbocycles. The van der Waals surface area contributed by atoms with E-state index in [2.05, 4.69) is 0 Å². The zero-order valence-electron chi connectivity index (χ0n) is 9.62. The van der Waals surface area contributed by atoms with Gasteiger partial charge in [-0.15, -0.1) is 0 Å². The Bertz CT molecular complexity index is 512. The lowest BCUT2D eigenvalue weighted by atomic mass is 9.90. The fourth-order valence-electron chi connectivity index (χ4n) is 1.55. The molecule has 0 aliphatic heterocycles. The number of rotatable bonds is 2. The van der Waals surface area contributed by atoms with Crippen molar-refractivity contribution in [3.8, 4) is 0 Å². The van der Waals surface area contributed by atoms with Gasteiger partial charge in [0.25, 0.3) is 0 Å². The molecule has 1 heterocycles. The molecule has 3 heteroatoms. The number of fused-ring (bicyclic) bond motifs is 1. The third-order valence-electron chi connectivity index (χ3n) is 3.10. The van der Waals surface area contributed by atoms with Crippen LogP contribution in [-0.4, -0.2) is 5.11 Å². The number of hydrogen-bond donors (Lipinski definition) is 1. The fraction of sp³-hybridized carbons (Fsp3) is 0.385. The zero-order chi connectivity index (χ0) is 11.9. The highest BCUT2D eigenvalue weighted by Crippen LogP contribution is 2.33. The summed E-state index contributed by atoms with van der Waals surface area (Å²) in [6.07, 6.45) is 0. The third kappa shape index (κ3) is 1.83. The molecule has 0 fully saturated rings. The molecule has 1 aromatic heterocycles. The van der Waals surface area contributed by atoms with Crippen LogP contribution in [0, 0.1) is 5.92 Å². The summed E-state index contributed by atoms with van der Waals surface area (Å²) in [6, 6.07) is 7.28. The molecule has 2 aromatic rings. The van der Waals surface area contributed by atoms with Crippen molar-refractivity contribution in [2.75, 3.05) is 0 Å². The Morgan fingerprint density at radius 2 is 2.00 bits per heavy atom. The van der Waals surface area contributed by atoms with Crippen molar-refractivity contribution in [1.29, 1.82) is 0 Å². The molecule has 0 bridgehead atoms. The van der Waals surface area contributed by atoms with E-state index in [1.165, 1.54) is 0 Å². The maximum absolute atomic E-state index is 10.3. The molecule has 0 aliphatic rings. The summed E-state index contributed by atoms with van der Waals surface area (Å²) in [6.45, 7) is 5.68. The van der Waals surface area contributed by atoms with Crippen molar-refractivity contribution < 1.29 is 9.52 Å². The summed E-state index contributed by atoms with van der Waals surface area (Å²) in [5.41, 5.74) is -0.203. The maximum Gasteiger partial charge on any atom is 0.136 e. The first-order chi connectivity index (χ1) is 7.41. The Morgan fingerprint density at radius 1 is 1.31 bits per heavy atom.